The van der Waals surface area contributed by atoms with Gasteiger partial charge in [0, 0.05) is 11.4 Å². The number of fused-ring (bicyclic) bond motifs is 1. The van der Waals surface area contributed by atoms with Crippen LogP contribution >= 0.6 is 11.3 Å². The molecule has 0 bridgehead atoms. The van der Waals surface area contributed by atoms with Crippen LogP contribution in [0.1, 0.15) is 50.1 Å². The van der Waals surface area contributed by atoms with Crippen LogP contribution in [0.2, 0.25) is 0 Å². The summed E-state index contributed by atoms with van der Waals surface area (Å²) in [6.07, 6.45) is 3.43. The maximum absolute atomic E-state index is 9.33. The summed E-state index contributed by atoms with van der Waals surface area (Å²) in [5.74, 6) is 0.740. The first-order valence-electron chi connectivity index (χ1n) is 6.75. The molecule has 1 aliphatic rings. The Balaban J connectivity index is 2.32. The lowest BCUT2D eigenvalue weighted by atomic mass is 9.72. The average molecular weight is 262 g/mol. The maximum atomic E-state index is 9.33. The van der Waals surface area contributed by atoms with Gasteiger partial charge in [0.1, 0.15) is 11.1 Å². The number of hydrogen-bond donors (Lipinski definition) is 1. The van der Waals surface area contributed by atoms with Gasteiger partial charge in [-0.1, -0.05) is 20.8 Å². The van der Waals surface area contributed by atoms with Crippen LogP contribution in [-0.2, 0) is 12.8 Å². The van der Waals surface area contributed by atoms with Crippen LogP contribution < -0.4 is 5.32 Å². The van der Waals surface area contributed by atoms with Crippen LogP contribution in [0.15, 0.2) is 0 Å². The van der Waals surface area contributed by atoms with Crippen molar-refractivity contribution < 1.29 is 0 Å². The maximum Gasteiger partial charge on any atom is 0.107 e. The summed E-state index contributed by atoms with van der Waals surface area (Å²) in [4.78, 5) is 1.44. The molecule has 0 saturated carbocycles. The van der Waals surface area contributed by atoms with Gasteiger partial charge in [-0.2, -0.15) is 5.26 Å². The lowest BCUT2D eigenvalue weighted by molar-refractivity contribution is 0.218. The van der Waals surface area contributed by atoms with Crippen LogP contribution in [0.25, 0.3) is 0 Å². The predicted octanol–water partition coefficient (Wildman–Crippen LogP) is 4.20. The summed E-state index contributed by atoms with van der Waals surface area (Å²) < 4.78 is 0. The highest BCUT2D eigenvalue weighted by atomic mass is 32.1. The van der Waals surface area contributed by atoms with Crippen molar-refractivity contribution in [2.75, 3.05) is 11.9 Å². The molecule has 0 saturated heterocycles. The Morgan fingerprint density at radius 3 is 2.72 bits per heavy atom. The van der Waals surface area contributed by atoms with E-state index >= 15 is 0 Å². The first kappa shape index (κ1) is 13.4. The number of nitrogens with zero attached hydrogens (tertiary/aromatic N) is 1. The number of thiophene rings is 1. The molecule has 1 atom stereocenters. The standard InChI is InChI=1S/C15H22N2S/c1-5-17-14-12(9-16)11-7-6-10(15(2,3)4)8-13(11)18-14/h10,17H,5-8H2,1-4H3. The van der Waals surface area contributed by atoms with Gasteiger partial charge in [0.2, 0.25) is 0 Å². The highest BCUT2D eigenvalue weighted by Crippen LogP contribution is 2.43. The molecule has 98 valence electrons. The van der Waals surface area contributed by atoms with Crippen molar-refractivity contribution in [1.82, 2.24) is 0 Å². The molecule has 1 N–H and O–H groups in total. The van der Waals surface area contributed by atoms with Crippen LogP contribution in [0.3, 0.4) is 0 Å². The van der Waals surface area contributed by atoms with Crippen molar-refractivity contribution in [3.05, 3.63) is 16.0 Å². The van der Waals surface area contributed by atoms with Gasteiger partial charge in [-0.15, -0.1) is 11.3 Å². The Kier molecular flexibility index (Phi) is 3.68. The Bertz CT molecular complexity index is 474. The minimum absolute atomic E-state index is 0.368. The van der Waals surface area contributed by atoms with E-state index in [4.69, 9.17) is 0 Å². The molecule has 1 aromatic heterocycles. The molecule has 1 heterocycles. The van der Waals surface area contributed by atoms with E-state index in [2.05, 4.69) is 39.1 Å². The zero-order valence-corrected chi connectivity index (χ0v) is 12.6. The summed E-state index contributed by atoms with van der Waals surface area (Å²) in [7, 11) is 0. The van der Waals surface area contributed by atoms with Crippen molar-refractivity contribution in [2.24, 2.45) is 11.3 Å². The molecule has 0 aliphatic heterocycles. The first-order valence-corrected chi connectivity index (χ1v) is 7.57. The van der Waals surface area contributed by atoms with Gasteiger partial charge in [-0.05, 0) is 43.1 Å². The van der Waals surface area contributed by atoms with E-state index in [1.165, 1.54) is 16.9 Å². The second-order valence-electron chi connectivity index (χ2n) is 6.16. The van der Waals surface area contributed by atoms with Crippen LogP contribution in [0.4, 0.5) is 5.00 Å². The molecule has 0 amide bonds. The van der Waals surface area contributed by atoms with Gasteiger partial charge >= 0.3 is 0 Å². The molecule has 3 heteroatoms. The normalized spacial score (nSPS) is 19.2. The lowest BCUT2D eigenvalue weighted by Crippen LogP contribution is -2.26. The Labute approximate surface area is 114 Å². The number of hydrogen-bond acceptors (Lipinski definition) is 3. The number of rotatable bonds is 2. The van der Waals surface area contributed by atoms with Crippen LogP contribution in [0, 0.1) is 22.7 Å². The van der Waals surface area contributed by atoms with Crippen molar-refractivity contribution in [3.8, 4) is 6.07 Å². The predicted molar refractivity (Wildman–Crippen MR) is 78.2 cm³/mol. The van der Waals surface area contributed by atoms with E-state index in [1.54, 1.807) is 11.3 Å². The molecule has 1 aliphatic carbocycles. The molecule has 2 nitrogen and oxygen atoms in total. The van der Waals surface area contributed by atoms with E-state index in [9.17, 15) is 5.26 Å². The minimum atomic E-state index is 0.368. The second-order valence-corrected chi connectivity index (χ2v) is 7.26. The number of anilines is 1. The molecule has 1 aromatic rings. The van der Waals surface area contributed by atoms with Gasteiger partial charge in [0.05, 0.1) is 5.56 Å². The second kappa shape index (κ2) is 4.93. The zero-order chi connectivity index (χ0) is 13.3. The van der Waals surface area contributed by atoms with E-state index < -0.39 is 0 Å². The molecule has 0 radical (unpaired) electrons. The fourth-order valence-corrected chi connectivity index (χ4v) is 4.07. The third-order valence-corrected chi connectivity index (χ3v) is 5.15. The molecule has 2 rings (SSSR count). The highest BCUT2D eigenvalue weighted by molar-refractivity contribution is 7.16. The number of nitrogens with one attached hydrogen (secondary N) is 1. The molecule has 0 fully saturated rings. The lowest BCUT2D eigenvalue weighted by Gasteiger charge is -2.33. The van der Waals surface area contributed by atoms with Gasteiger partial charge in [0.25, 0.3) is 0 Å². The Hall–Kier alpha value is -1.01. The zero-order valence-electron chi connectivity index (χ0n) is 11.8. The monoisotopic (exact) mass is 262 g/mol. The largest absolute Gasteiger partial charge is 0.376 e. The van der Waals surface area contributed by atoms with Gasteiger partial charge in [-0.3, -0.25) is 0 Å². The van der Waals surface area contributed by atoms with Crippen LogP contribution in [-0.4, -0.2) is 6.54 Å². The molecular weight excluding hydrogens is 240 g/mol. The van der Waals surface area contributed by atoms with Gasteiger partial charge < -0.3 is 5.32 Å². The third kappa shape index (κ3) is 2.40. The molecule has 0 aromatic carbocycles. The third-order valence-electron chi connectivity index (χ3n) is 3.94. The molecule has 1 unspecified atom stereocenters. The SMILES string of the molecule is CCNc1sc2c(c1C#N)CCC(C(C)(C)C)C2. The van der Waals surface area contributed by atoms with E-state index in [-0.39, 0.29) is 0 Å². The number of nitriles is 1. The van der Waals surface area contributed by atoms with Crippen molar-refractivity contribution >= 4 is 16.3 Å². The van der Waals surface area contributed by atoms with Crippen molar-refractivity contribution in [1.29, 1.82) is 5.26 Å². The highest BCUT2D eigenvalue weighted by Gasteiger charge is 2.31. The van der Waals surface area contributed by atoms with Crippen molar-refractivity contribution in [3.63, 3.8) is 0 Å². The fourth-order valence-electron chi connectivity index (χ4n) is 2.73. The van der Waals surface area contributed by atoms with E-state index in [1.807, 2.05) is 0 Å². The molecular formula is C15H22N2S. The summed E-state index contributed by atoms with van der Waals surface area (Å²) in [5.41, 5.74) is 2.59. The van der Waals surface area contributed by atoms with E-state index in [0.29, 0.717) is 5.41 Å². The van der Waals surface area contributed by atoms with Gasteiger partial charge in [0.15, 0.2) is 0 Å². The van der Waals surface area contributed by atoms with Crippen molar-refractivity contribution in [2.45, 2.75) is 47.0 Å². The first-order chi connectivity index (χ1) is 8.47. The Morgan fingerprint density at radius 1 is 1.44 bits per heavy atom. The Morgan fingerprint density at radius 2 is 2.17 bits per heavy atom. The fraction of sp³-hybridized carbons (Fsp3) is 0.667. The topological polar surface area (TPSA) is 35.8 Å². The summed E-state index contributed by atoms with van der Waals surface area (Å²) >= 11 is 1.80. The average Bonchev–Trinajstić information content (AvgIpc) is 2.64. The summed E-state index contributed by atoms with van der Waals surface area (Å²) in [6.45, 7) is 9.95. The molecule has 18 heavy (non-hydrogen) atoms. The summed E-state index contributed by atoms with van der Waals surface area (Å²) in [5, 5.41) is 13.7. The molecule has 0 spiro atoms. The van der Waals surface area contributed by atoms with E-state index in [0.717, 1.165) is 35.9 Å². The summed E-state index contributed by atoms with van der Waals surface area (Å²) in [6, 6.07) is 2.39. The minimum Gasteiger partial charge on any atom is -0.376 e. The smallest absolute Gasteiger partial charge is 0.107 e. The van der Waals surface area contributed by atoms with Gasteiger partial charge in [-0.25, -0.2) is 0 Å². The quantitative estimate of drug-likeness (QED) is 0.867. The van der Waals surface area contributed by atoms with Crippen LogP contribution in [0.5, 0.6) is 0 Å².